The van der Waals surface area contributed by atoms with Crippen LogP contribution in [-0.2, 0) is 4.79 Å². The maximum atomic E-state index is 10.8. The molecule has 0 saturated heterocycles. The third-order valence-corrected chi connectivity index (χ3v) is 3.17. The van der Waals surface area contributed by atoms with Crippen LogP contribution in [0, 0.1) is 5.41 Å². The molecule has 1 heterocycles. The van der Waals surface area contributed by atoms with E-state index in [1.54, 1.807) is 12.3 Å². The van der Waals surface area contributed by atoms with Gasteiger partial charge in [-0.15, -0.1) is 0 Å². The monoisotopic (exact) mass is 221 g/mol. The molecule has 1 aliphatic carbocycles. The lowest BCUT2D eigenvalue weighted by Crippen LogP contribution is -2.38. The third-order valence-electron chi connectivity index (χ3n) is 3.17. The first kappa shape index (κ1) is 10.9. The Balaban J connectivity index is 1.90. The van der Waals surface area contributed by atoms with Crippen LogP contribution in [0.4, 0.5) is 5.82 Å². The second kappa shape index (κ2) is 4.47. The van der Waals surface area contributed by atoms with Crippen LogP contribution in [0.15, 0.2) is 18.6 Å². The quantitative estimate of drug-likeness (QED) is 0.788. The van der Waals surface area contributed by atoms with Crippen molar-refractivity contribution in [2.45, 2.75) is 25.7 Å². The summed E-state index contributed by atoms with van der Waals surface area (Å²) in [6, 6.07) is 1.78. The number of anilines is 1. The SMILES string of the molecule is O=C(O)CC1(CNc2ccncn2)CCC1. The molecule has 1 aliphatic rings. The van der Waals surface area contributed by atoms with Crippen molar-refractivity contribution in [2.75, 3.05) is 11.9 Å². The number of hydrogen-bond donors (Lipinski definition) is 2. The number of hydrogen-bond acceptors (Lipinski definition) is 4. The minimum absolute atomic E-state index is 0.0726. The van der Waals surface area contributed by atoms with E-state index in [0.29, 0.717) is 6.54 Å². The molecule has 0 unspecified atom stereocenters. The molecule has 1 saturated carbocycles. The fourth-order valence-electron chi connectivity index (χ4n) is 2.09. The standard InChI is InChI=1S/C11H15N3O2/c15-10(16)6-11(3-1-4-11)7-13-9-2-5-12-8-14-9/h2,5,8H,1,3-4,6-7H2,(H,15,16)(H,12,13,14). The topological polar surface area (TPSA) is 75.1 Å². The van der Waals surface area contributed by atoms with E-state index in [1.165, 1.54) is 6.33 Å². The van der Waals surface area contributed by atoms with E-state index in [9.17, 15) is 4.79 Å². The van der Waals surface area contributed by atoms with E-state index in [1.807, 2.05) is 0 Å². The Bertz CT molecular complexity index is 363. The summed E-state index contributed by atoms with van der Waals surface area (Å²) in [4.78, 5) is 18.6. The lowest BCUT2D eigenvalue weighted by molar-refractivity contribution is -0.141. The zero-order valence-electron chi connectivity index (χ0n) is 9.02. The van der Waals surface area contributed by atoms with Crippen LogP contribution in [0.1, 0.15) is 25.7 Å². The average molecular weight is 221 g/mol. The summed E-state index contributed by atoms with van der Waals surface area (Å²) >= 11 is 0. The Morgan fingerprint density at radius 3 is 2.88 bits per heavy atom. The molecule has 16 heavy (non-hydrogen) atoms. The maximum Gasteiger partial charge on any atom is 0.303 e. The molecule has 5 heteroatoms. The third kappa shape index (κ3) is 2.48. The zero-order chi connectivity index (χ0) is 11.4. The van der Waals surface area contributed by atoms with E-state index in [2.05, 4.69) is 15.3 Å². The second-order valence-corrected chi connectivity index (χ2v) is 4.37. The van der Waals surface area contributed by atoms with Crippen molar-refractivity contribution in [1.82, 2.24) is 9.97 Å². The Hall–Kier alpha value is -1.65. The molecule has 2 N–H and O–H groups in total. The van der Waals surface area contributed by atoms with Crippen LogP contribution in [0.2, 0.25) is 0 Å². The molecule has 1 fully saturated rings. The van der Waals surface area contributed by atoms with Crippen molar-refractivity contribution in [3.8, 4) is 0 Å². The van der Waals surface area contributed by atoms with Crippen LogP contribution in [0.3, 0.4) is 0 Å². The number of aromatic nitrogens is 2. The second-order valence-electron chi connectivity index (χ2n) is 4.37. The Kier molecular flexibility index (Phi) is 3.03. The van der Waals surface area contributed by atoms with Gasteiger partial charge in [-0.2, -0.15) is 0 Å². The maximum absolute atomic E-state index is 10.8. The first-order valence-corrected chi connectivity index (χ1v) is 5.42. The highest BCUT2D eigenvalue weighted by molar-refractivity contribution is 5.68. The van der Waals surface area contributed by atoms with Gasteiger partial charge in [0.1, 0.15) is 12.1 Å². The van der Waals surface area contributed by atoms with Gasteiger partial charge in [-0.05, 0) is 24.3 Å². The predicted molar refractivity (Wildman–Crippen MR) is 59.1 cm³/mol. The zero-order valence-corrected chi connectivity index (χ0v) is 9.02. The summed E-state index contributed by atoms with van der Waals surface area (Å²) in [7, 11) is 0. The van der Waals surface area contributed by atoms with Crippen molar-refractivity contribution >= 4 is 11.8 Å². The molecule has 5 nitrogen and oxygen atoms in total. The molecular formula is C11H15N3O2. The van der Waals surface area contributed by atoms with Crippen LogP contribution < -0.4 is 5.32 Å². The summed E-state index contributed by atoms with van der Waals surface area (Å²) in [5, 5.41) is 12.0. The number of nitrogens with one attached hydrogen (secondary N) is 1. The van der Waals surface area contributed by atoms with E-state index in [-0.39, 0.29) is 11.8 Å². The number of nitrogens with zero attached hydrogens (tertiary/aromatic N) is 2. The minimum atomic E-state index is -0.718. The fourth-order valence-corrected chi connectivity index (χ4v) is 2.09. The molecule has 0 atom stereocenters. The Labute approximate surface area is 93.9 Å². The largest absolute Gasteiger partial charge is 0.481 e. The smallest absolute Gasteiger partial charge is 0.303 e. The molecule has 86 valence electrons. The molecule has 0 aromatic carbocycles. The lowest BCUT2D eigenvalue weighted by atomic mass is 9.66. The number of carbonyl (C=O) groups is 1. The fraction of sp³-hybridized carbons (Fsp3) is 0.545. The van der Waals surface area contributed by atoms with Crippen molar-refractivity contribution < 1.29 is 9.90 Å². The van der Waals surface area contributed by atoms with Crippen molar-refractivity contribution in [1.29, 1.82) is 0 Å². The number of aliphatic carboxylic acids is 1. The van der Waals surface area contributed by atoms with E-state index in [4.69, 9.17) is 5.11 Å². The van der Waals surface area contributed by atoms with E-state index >= 15 is 0 Å². The van der Waals surface area contributed by atoms with Gasteiger partial charge in [-0.3, -0.25) is 4.79 Å². The van der Waals surface area contributed by atoms with Crippen molar-refractivity contribution in [3.63, 3.8) is 0 Å². The molecule has 1 aromatic heterocycles. The summed E-state index contributed by atoms with van der Waals surface area (Å²) in [5.41, 5.74) is -0.0726. The number of carboxylic acid groups (broad SMARTS) is 1. The molecule has 2 rings (SSSR count). The van der Waals surface area contributed by atoms with Crippen LogP contribution in [0.25, 0.3) is 0 Å². The number of carboxylic acids is 1. The van der Waals surface area contributed by atoms with Gasteiger partial charge in [-0.1, -0.05) is 6.42 Å². The molecular weight excluding hydrogens is 206 g/mol. The summed E-state index contributed by atoms with van der Waals surface area (Å²) in [5.74, 6) is 0.0378. The van der Waals surface area contributed by atoms with Gasteiger partial charge >= 0.3 is 5.97 Å². The van der Waals surface area contributed by atoms with Gasteiger partial charge in [0.15, 0.2) is 0 Å². The molecule has 0 radical (unpaired) electrons. The van der Waals surface area contributed by atoms with Crippen molar-refractivity contribution in [3.05, 3.63) is 18.6 Å². The molecule has 0 bridgehead atoms. The lowest BCUT2D eigenvalue weighted by Gasteiger charge is -2.40. The first-order chi connectivity index (χ1) is 7.70. The summed E-state index contributed by atoms with van der Waals surface area (Å²) < 4.78 is 0. The number of rotatable bonds is 5. The van der Waals surface area contributed by atoms with E-state index in [0.717, 1.165) is 25.1 Å². The van der Waals surface area contributed by atoms with Crippen molar-refractivity contribution in [2.24, 2.45) is 5.41 Å². The first-order valence-electron chi connectivity index (χ1n) is 5.42. The Morgan fingerprint density at radius 2 is 2.38 bits per heavy atom. The van der Waals surface area contributed by atoms with Gasteiger partial charge in [-0.25, -0.2) is 9.97 Å². The van der Waals surface area contributed by atoms with Gasteiger partial charge in [0.25, 0.3) is 0 Å². The highest BCUT2D eigenvalue weighted by Crippen LogP contribution is 2.43. The molecule has 0 amide bonds. The molecule has 0 aliphatic heterocycles. The van der Waals surface area contributed by atoms with Crippen LogP contribution >= 0.6 is 0 Å². The van der Waals surface area contributed by atoms with Crippen LogP contribution in [-0.4, -0.2) is 27.6 Å². The highest BCUT2D eigenvalue weighted by Gasteiger charge is 2.38. The molecule has 0 spiro atoms. The summed E-state index contributed by atoms with van der Waals surface area (Å²) in [6.07, 6.45) is 6.48. The van der Waals surface area contributed by atoms with E-state index < -0.39 is 5.97 Å². The summed E-state index contributed by atoms with van der Waals surface area (Å²) in [6.45, 7) is 0.677. The normalized spacial score (nSPS) is 17.5. The minimum Gasteiger partial charge on any atom is -0.481 e. The van der Waals surface area contributed by atoms with Gasteiger partial charge in [0.05, 0.1) is 6.42 Å². The van der Waals surface area contributed by atoms with Gasteiger partial charge in [0, 0.05) is 12.7 Å². The van der Waals surface area contributed by atoms with Crippen LogP contribution in [0.5, 0.6) is 0 Å². The molecule has 1 aromatic rings. The highest BCUT2D eigenvalue weighted by atomic mass is 16.4. The predicted octanol–water partition coefficient (Wildman–Crippen LogP) is 1.53. The van der Waals surface area contributed by atoms with Gasteiger partial charge < -0.3 is 10.4 Å². The average Bonchev–Trinajstić information content (AvgIpc) is 2.23. The Morgan fingerprint density at radius 1 is 1.56 bits per heavy atom. The van der Waals surface area contributed by atoms with Gasteiger partial charge in [0.2, 0.25) is 0 Å².